The van der Waals surface area contributed by atoms with E-state index in [1.807, 2.05) is 13.1 Å². The molecule has 0 bridgehead atoms. The number of carbonyl (C=O) groups is 1. The van der Waals surface area contributed by atoms with Gasteiger partial charge in [-0.25, -0.2) is 0 Å². The van der Waals surface area contributed by atoms with Crippen molar-refractivity contribution in [3.63, 3.8) is 0 Å². The molecule has 21 heavy (non-hydrogen) atoms. The number of carbonyl (C=O) groups excluding carboxylic acids is 1. The number of benzene rings is 1. The van der Waals surface area contributed by atoms with Gasteiger partial charge in [-0.1, -0.05) is 19.2 Å². The fraction of sp³-hybridized carbons (Fsp3) is 0.312. The summed E-state index contributed by atoms with van der Waals surface area (Å²) in [6, 6.07) is 5.33. The van der Waals surface area contributed by atoms with Crippen LogP contribution in [0.1, 0.15) is 24.0 Å². The Kier molecular flexibility index (Phi) is 4.52. The minimum atomic E-state index is -0.00672. The molecule has 5 nitrogen and oxygen atoms in total. The maximum Gasteiger partial charge on any atom is 0.120 e. The Labute approximate surface area is 124 Å². The molecule has 0 amide bonds. The summed E-state index contributed by atoms with van der Waals surface area (Å²) >= 11 is 0. The van der Waals surface area contributed by atoms with E-state index in [2.05, 4.69) is 28.6 Å². The van der Waals surface area contributed by atoms with Crippen LogP contribution in [0.2, 0.25) is 0 Å². The Balaban J connectivity index is 2.28. The number of fused-ring (bicyclic) bond motifs is 1. The molecule has 0 spiro atoms. The summed E-state index contributed by atoms with van der Waals surface area (Å²) in [5.74, 6) is 0. The molecular formula is C16H19N3O2. The molecule has 2 rings (SSSR count). The summed E-state index contributed by atoms with van der Waals surface area (Å²) in [6.07, 6.45) is 2.05. The van der Waals surface area contributed by atoms with Crippen molar-refractivity contribution in [2.45, 2.75) is 25.4 Å². The van der Waals surface area contributed by atoms with Gasteiger partial charge in [0.2, 0.25) is 0 Å². The van der Waals surface area contributed by atoms with Crippen LogP contribution >= 0.6 is 0 Å². The van der Waals surface area contributed by atoms with E-state index in [0.717, 1.165) is 28.8 Å². The molecule has 110 valence electrons. The molecule has 1 unspecified atom stereocenters. The first kappa shape index (κ1) is 15.0. The van der Waals surface area contributed by atoms with Gasteiger partial charge in [0.05, 0.1) is 6.04 Å². The number of nitroso groups, excluding NO2 is 1. The third kappa shape index (κ3) is 2.86. The molecule has 5 heteroatoms. The zero-order valence-electron chi connectivity index (χ0n) is 12.1. The lowest BCUT2D eigenvalue weighted by Gasteiger charge is -2.31. The quantitative estimate of drug-likeness (QED) is 0.618. The number of aldehydes is 1. The van der Waals surface area contributed by atoms with E-state index < -0.39 is 0 Å². The Morgan fingerprint density at radius 1 is 1.57 bits per heavy atom. The van der Waals surface area contributed by atoms with Crippen molar-refractivity contribution in [2.75, 3.05) is 7.05 Å². The predicted molar refractivity (Wildman–Crippen MR) is 83.8 cm³/mol. The summed E-state index contributed by atoms with van der Waals surface area (Å²) in [5, 5.41) is 6.03. The highest BCUT2D eigenvalue weighted by Crippen LogP contribution is 2.37. The van der Waals surface area contributed by atoms with Crippen LogP contribution in [0.3, 0.4) is 0 Å². The molecule has 1 aliphatic heterocycles. The van der Waals surface area contributed by atoms with Crippen LogP contribution < -0.4 is 5.32 Å². The van der Waals surface area contributed by atoms with Gasteiger partial charge in [-0.2, -0.15) is 0 Å². The fourth-order valence-corrected chi connectivity index (χ4v) is 2.69. The average Bonchev–Trinajstić information content (AvgIpc) is 2.83. The van der Waals surface area contributed by atoms with Gasteiger partial charge in [0.15, 0.2) is 0 Å². The third-order valence-corrected chi connectivity index (χ3v) is 3.85. The molecule has 1 atom stereocenters. The number of nitrogens with zero attached hydrogens (tertiary/aromatic N) is 2. The lowest BCUT2D eigenvalue weighted by atomic mass is 10.1. The topological polar surface area (TPSA) is 61.8 Å². The zero-order valence-corrected chi connectivity index (χ0v) is 12.1. The highest BCUT2D eigenvalue weighted by molar-refractivity contribution is 5.71. The predicted octanol–water partition coefficient (Wildman–Crippen LogP) is 2.95. The van der Waals surface area contributed by atoms with Crippen molar-refractivity contribution < 1.29 is 4.79 Å². The highest BCUT2D eigenvalue weighted by Gasteiger charge is 2.29. The van der Waals surface area contributed by atoms with E-state index in [0.29, 0.717) is 25.1 Å². The average molecular weight is 285 g/mol. The minimum Gasteiger partial charge on any atom is -0.390 e. The Hall–Kier alpha value is -2.43. The van der Waals surface area contributed by atoms with Gasteiger partial charge >= 0.3 is 0 Å². The van der Waals surface area contributed by atoms with Crippen molar-refractivity contribution in [3.8, 4) is 0 Å². The molecule has 0 aliphatic carbocycles. The molecule has 1 aliphatic rings. The van der Waals surface area contributed by atoms with Gasteiger partial charge in [0.25, 0.3) is 0 Å². The molecule has 1 N–H and O–H groups in total. The zero-order chi connectivity index (χ0) is 15.4. The standard InChI is InChI=1S/C16H19N3O2/c1-11(17-3)16(5-4-8-20)19-10-13-9-14(18-21)6-7-15(13)12(19)2/h6-9,16-17H,1-2,4-5,10H2,3H3. The van der Waals surface area contributed by atoms with Gasteiger partial charge in [0.1, 0.15) is 12.0 Å². The van der Waals surface area contributed by atoms with E-state index in [1.165, 1.54) is 0 Å². The van der Waals surface area contributed by atoms with Crippen molar-refractivity contribution >= 4 is 17.7 Å². The minimum absolute atomic E-state index is 0.00672. The number of nitrogens with one attached hydrogen (secondary N) is 1. The van der Waals surface area contributed by atoms with Crippen LogP contribution in [-0.4, -0.2) is 24.3 Å². The van der Waals surface area contributed by atoms with E-state index >= 15 is 0 Å². The van der Waals surface area contributed by atoms with Gasteiger partial charge < -0.3 is 15.0 Å². The fourth-order valence-electron chi connectivity index (χ4n) is 2.69. The summed E-state index contributed by atoms with van der Waals surface area (Å²) in [6.45, 7) is 8.80. The van der Waals surface area contributed by atoms with Gasteiger partial charge in [-0.05, 0) is 29.3 Å². The second-order valence-corrected chi connectivity index (χ2v) is 5.04. The van der Waals surface area contributed by atoms with Gasteiger partial charge in [0, 0.05) is 37.0 Å². The van der Waals surface area contributed by atoms with E-state index in [9.17, 15) is 9.70 Å². The molecule has 0 radical (unpaired) electrons. The van der Waals surface area contributed by atoms with Crippen LogP contribution in [0, 0.1) is 4.91 Å². The highest BCUT2D eigenvalue weighted by atomic mass is 16.3. The molecule has 1 aromatic rings. The molecule has 0 fully saturated rings. The monoisotopic (exact) mass is 285 g/mol. The van der Waals surface area contributed by atoms with Crippen LogP contribution in [0.4, 0.5) is 5.69 Å². The molecule has 0 aromatic heterocycles. The summed E-state index contributed by atoms with van der Waals surface area (Å²) < 4.78 is 0. The van der Waals surface area contributed by atoms with Crippen molar-refractivity contribution in [1.29, 1.82) is 0 Å². The van der Waals surface area contributed by atoms with E-state index in [-0.39, 0.29) is 6.04 Å². The largest absolute Gasteiger partial charge is 0.390 e. The summed E-state index contributed by atoms with van der Waals surface area (Å²) in [4.78, 5) is 23.4. The SMILES string of the molecule is C=C(NC)C(CCC=O)N1Cc2cc(N=O)ccc2C1=C. The Morgan fingerprint density at radius 3 is 2.95 bits per heavy atom. The van der Waals surface area contributed by atoms with Crippen LogP contribution in [0.5, 0.6) is 0 Å². The number of likely N-dealkylation sites (N-methyl/N-ethyl adjacent to an activating group) is 1. The van der Waals surface area contributed by atoms with Gasteiger partial charge in [-0.15, -0.1) is 4.91 Å². The van der Waals surface area contributed by atoms with E-state index in [1.54, 1.807) is 12.1 Å². The molecular weight excluding hydrogens is 266 g/mol. The molecule has 1 aromatic carbocycles. The number of hydrogen-bond donors (Lipinski definition) is 1. The van der Waals surface area contributed by atoms with Crippen LogP contribution in [-0.2, 0) is 11.3 Å². The van der Waals surface area contributed by atoms with Crippen molar-refractivity contribution in [1.82, 2.24) is 10.2 Å². The lowest BCUT2D eigenvalue weighted by Crippen LogP contribution is -2.35. The van der Waals surface area contributed by atoms with Crippen LogP contribution in [0.25, 0.3) is 5.70 Å². The Bertz CT molecular complexity index is 595. The smallest absolute Gasteiger partial charge is 0.120 e. The maximum atomic E-state index is 10.7. The maximum absolute atomic E-state index is 10.7. The molecule has 0 saturated carbocycles. The number of rotatable bonds is 7. The summed E-state index contributed by atoms with van der Waals surface area (Å²) in [7, 11) is 1.82. The second-order valence-electron chi connectivity index (χ2n) is 5.04. The second kappa shape index (κ2) is 6.35. The van der Waals surface area contributed by atoms with Crippen LogP contribution in [0.15, 0.2) is 42.2 Å². The lowest BCUT2D eigenvalue weighted by molar-refractivity contribution is -0.108. The first-order valence-electron chi connectivity index (χ1n) is 6.84. The van der Waals surface area contributed by atoms with E-state index in [4.69, 9.17) is 0 Å². The van der Waals surface area contributed by atoms with Crippen molar-refractivity contribution in [2.24, 2.45) is 5.18 Å². The summed E-state index contributed by atoms with van der Waals surface area (Å²) in [5.41, 5.74) is 4.19. The normalized spacial score (nSPS) is 14.5. The Morgan fingerprint density at radius 2 is 2.33 bits per heavy atom. The van der Waals surface area contributed by atoms with Gasteiger partial charge in [-0.3, -0.25) is 0 Å². The molecule has 0 saturated heterocycles. The third-order valence-electron chi connectivity index (χ3n) is 3.85. The first-order chi connectivity index (χ1) is 10.1. The number of hydrogen-bond acceptors (Lipinski definition) is 5. The first-order valence-corrected chi connectivity index (χ1v) is 6.84. The molecule has 1 heterocycles. The van der Waals surface area contributed by atoms with Crippen molar-refractivity contribution in [3.05, 3.63) is 53.1 Å².